The molecular weight excluding hydrogens is 298 g/mol. The van der Waals surface area contributed by atoms with E-state index in [0.717, 1.165) is 0 Å². The molecule has 0 heterocycles. The van der Waals surface area contributed by atoms with E-state index in [4.69, 9.17) is 0 Å². The van der Waals surface area contributed by atoms with Gasteiger partial charge in [0.2, 0.25) is 0 Å². The van der Waals surface area contributed by atoms with E-state index in [-0.39, 0.29) is 0 Å². The summed E-state index contributed by atoms with van der Waals surface area (Å²) in [5, 5.41) is 0. The summed E-state index contributed by atoms with van der Waals surface area (Å²) in [5.74, 6) is -3.13. The highest BCUT2D eigenvalue weighted by Crippen LogP contribution is 2.52. The summed E-state index contributed by atoms with van der Waals surface area (Å²) >= 11 is 0. The van der Waals surface area contributed by atoms with Gasteiger partial charge in [-0.2, -0.15) is 39.5 Å². The molecule has 0 saturated carbocycles. The third kappa shape index (κ3) is 4.00. The predicted molar refractivity (Wildman–Crippen MR) is 44.9 cm³/mol. The van der Waals surface area contributed by atoms with Crippen molar-refractivity contribution in [3.8, 4) is 0 Å². The quantitative estimate of drug-likeness (QED) is 0.508. The summed E-state index contributed by atoms with van der Waals surface area (Å²) in [5.41, 5.74) is -5.91. The van der Waals surface area contributed by atoms with Crippen molar-refractivity contribution in [2.24, 2.45) is 5.92 Å². The van der Waals surface area contributed by atoms with Crippen LogP contribution in [0.3, 0.4) is 0 Å². The maximum Gasteiger partial charge on any atom is 0.431 e. The van der Waals surface area contributed by atoms with E-state index in [1.165, 1.54) is 0 Å². The number of halogens is 10. The normalized spacial score (nSPS) is 16.3. The van der Waals surface area contributed by atoms with Crippen LogP contribution >= 0.6 is 0 Å². The number of allylic oxidation sites excluding steroid dienone is 1. The first kappa shape index (κ1) is 18.0. The molecule has 0 aliphatic heterocycles. The predicted octanol–water partition coefficient (Wildman–Crippen LogP) is 4.96. The molecular formula is C9H8F10. The lowest BCUT2D eigenvalue weighted by molar-refractivity contribution is -0.352. The Morgan fingerprint density at radius 2 is 1.16 bits per heavy atom. The maximum atomic E-state index is 13.1. The summed E-state index contributed by atoms with van der Waals surface area (Å²) in [6.07, 6.45) is -21.9. The number of hydrogen-bond acceptors (Lipinski definition) is 0. The van der Waals surface area contributed by atoms with Gasteiger partial charge in [0.1, 0.15) is 0 Å². The number of alkyl halides is 10. The van der Waals surface area contributed by atoms with Crippen LogP contribution in [0.25, 0.3) is 0 Å². The molecule has 19 heavy (non-hydrogen) atoms. The summed E-state index contributed by atoms with van der Waals surface area (Å²) in [7, 11) is 0. The lowest BCUT2D eigenvalue weighted by Crippen LogP contribution is -2.55. The molecule has 0 fully saturated rings. The lowest BCUT2D eigenvalue weighted by Gasteiger charge is -2.33. The Morgan fingerprint density at radius 3 is 1.37 bits per heavy atom. The van der Waals surface area contributed by atoms with Gasteiger partial charge in [0.25, 0.3) is 5.67 Å². The molecule has 0 aromatic carbocycles. The molecule has 0 aromatic rings. The van der Waals surface area contributed by atoms with Gasteiger partial charge in [-0.3, -0.25) is 0 Å². The van der Waals surface area contributed by atoms with Gasteiger partial charge in [0.05, 0.1) is 5.92 Å². The molecule has 0 bridgehead atoms. The summed E-state index contributed by atoms with van der Waals surface area (Å²) in [6.45, 7) is 2.78. The van der Waals surface area contributed by atoms with Crippen molar-refractivity contribution in [1.29, 1.82) is 0 Å². The van der Waals surface area contributed by atoms with Crippen LogP contribution in [-0.4, -0.2) is 24.2 Å². The minimum atomic E-state index is -6.49. The molecule has 114 valence electrons. The molecule has 0 spiro atoms. The van der Waals surface area contributed by atoms with Crippen molar-refractivity contribution >= 4 is 0 Å². The fourth-order valence-corrected chi connectivity index (χ4v) is 1.27. The Hall–Kier alpha value is -0.960. The zero-order valence-corrected chi connectivity index (χ0v) is 9.06. The van der Waals surface area contributed by atoms with Gasteiger partial charge in [-0.1, -0.05) is 6.08 Å². The van der Waals surface area contributed by atoms with E-state index in [1.54, 1.807) is 0 Å². The smallest absolute Gasteiger partial charge is 0.224 e. The first-order valence-electron chi connectivity index (χ1n) is 4.67. The molecule has 0 saturated heterocycles. The average molecular weight is 306 g/mol. The molecule has 0 amide bonds. The van der Waals surface area contributed by atoms with Crippen LogP contribution in [0.1, 0.15) is 12.8 Å². The van der Waals surface area contributed by atoms with Crippen LogP contribution in [0.5, 0.6) is 0 Å². The van der Waals surface area contributed by atoms with E-state index in [2.05, 4.69) is 6.58 Å². The molecule has 0 aliphatic carbocycles. The van der Waals surface area contributed by atoms with Crippen LogP contribution in [0, 0.1) is 5.92 Å². The second-order valence-electron chi connectivity index (χ2n) is 3.76. The van der Waals surface area contributed by atoms with E-state index in [9.17, 15) is 43.9 Å². The van der Waals surface area contributed by atoms with Crippen molar-refractivity contribution < 1.29 is 43.9 Å². The largest absolute Gasteiger partial charge is 0.431 e. The standard InChI is InChI=1S/C9H8F10/c1-2-3-5(7(11,12)13)4-6(10,8(14,15)16)9(17,18)19/h2,5H,1,3-4H2. The Balaban J connectivity index is 5.50. The Kier molecular flexibility index (Phi) is 4.94. The first-order valence-corrected chi connectivity index (χ1v) is 4.67. The molecule has 0 radical (unpaired) electrons. The van der Waals surface area contributed by atoms with E-state index in [1.807, 2.05) is 0 Å². The Morgan fingerprint density at radius 1 is 0.789 bits per heavy atom. The lowest BCUT2D eigenvalue weighted by atomic mass is 9.88. The third-order valence-electron chi connectivity index (χ3n) is 2.34. The number of hydrogen-bond donors (Lipinski definition) is 0. The topological polar surface area (TPSA) is 0 Å². The van der Waals surface area contributed by atoms with Crippen molar-refractivity contribution in [3.63, 3.8) is 0 Å². The van der Waals surface area contributed by atoms with Crippen LogP contribution in [0.2, 0.25) is 0 Å². The monoisotopic (exact) mass is 306 g/mol. The van der Waals surface area contributed by atoms with Gasteiger partial charge in [-0.25, -0.2) is 4.39 Å². The molecule has 0 aromatic heterocycles. The fraction of sp³-hybridized carbons (Fsp3) is 0.778. The van der Waals surface area contributed by atoms with Gasteiger partial charge in [-0.15, -0.1) is 6.58 Å². The third-order valence-corrected chi connectivity index (χ3v) is 2.34. The van der Waals surface area contributed by atoms with Gasteiger partial charge in [-0.05, 0) is 6.42 Å². The SMILES string of the molecule is C=CCC(CC(F)(C(F)(F)F)C(F)(F)F)C(F)(F)F. The molecule has 0 rings (SSSR count). The highest BCUT2D eigenvalue weighted by molar-refractivity contribution is 4.98. The van der Waals surface area contributed by atoms with Crippen molar-refractivity contribution in [2.45, 2.75) is 37.0 Å². The van der Waals surface area contributed by atoms with Gasteiger partial charge in [0, 0.05) is 6.42 Å². The Bertz CT molecular complexity index is 292. The first-order chi connectivity index (χ1) is 8.17. The summed E-state index contributed by atoms with van der Waals surface area (Å²) in [4.78, 5) is 0. The zero-order chi connectivity index (χ0) is 15.7. The van der Waals surface area contributed by atoms with Crippen LogP contribution < -0.4 is 0 Å². The van der Waals surface area contributed by atoms with Gasteiger partial charge < -0.3 is 0 Å². The summed E-state index contributed by atoms with van der Waals surface area (Å²) in [6, 6.07) is 0. The molecule has 0 nitrogen and oxygen atoms in total. The van der Waals surface area contributed by atoms with Crippen molar-refractivity contribution in [2.75, 3.05) is 0 Å². The van der Waals surface area contributed by atoms with Gasteiger partial charge in [0.15, 0.2) is 0 Å². The highest BCUT2D eigenvalue weighted by Gasteiger charge is 2.73. The van der Waals surface area contributed by atoms with E-state index >= 15 is 0 Å². The minimum Gasteiger partial charge on any atom is -0.224 e. The molecule has 0 N–H and O–H groups in total. The van der Waals surface area contributed by atoms with E-state index < -0.39 is 43.0 Å². The van der Waals surface area contributed by atoms with Crippen molar-refractivity contribution in [3.05, 3.63) is 12.7 Å². The van der Waals surface area contributed by atoms with Crippen LogP contribution in [0.4, 0.5) is 43.9 Å². The minimum absolute atomic E-state index is 0.478. The fourth-order valence-electron chi connectivity index (χ4n) is 1.27. The van der Waals surface area contributed by atoms with E-state index in [0.29, 0.717) is 6.08 Å². The zero-order valence-electron chi connectivity index (χ0n) is 9.06. The van der Waals surface area contributed by atoms with Gasteiger partial charge >= 0.3 is 18.5 Å². The van der Waals surface area contributed by atoms with Crippen LogP contribution in [0.15, 0.2) is 12.7 Å². The average Bonchev–Trinajstić information content (AvgIpc) is 2.11. The second-order valence-corrected chi connectivity index (χ2v) is 3.76. The highest BCUT2D eigenvalue weighted by atomic mass is 19.4. The number of rotatable bonds is 4. The molecule has 1 atom stereocenters. The Labute approximate surface area is 101 Å². The summed E-state index contributed by atoms with van der Waals surface area (Å²) < 4.78 is 123. The molecule has 0 aliphatic rings. The van der Waals surface area contributed by atoms with Crippen molar-refractivity contribution in [1.82, 2.24) is 0 Å². The molecule has 10 heteroatoms. The second kappa shape index (κ2) is 5.20. The molecule has 1 unspecified atom stereocenters. The maximum absolute atomic E-state index is 13.1. The van der Waals surface area contributed by atoms with Crippen LogP contribution in [-0.2, 0) is 0 Å².